The molecule has 0 radical (unpaired) electrons. The monoisotopic (exact) mass is 494 g/mol. The second-order valence-electron chi connectivity index (χ2n) is 9.17. The molecule has 4 rings (SSSR count). The predicted molar refractivity (Wildman–Crippen MR) is 147 cm³/mol. The summed E-state index contributed by atoms with van der Waals surface area (Å²) < 4.78 is 7.34. The van der Waals surface area contributed by atoms with E-state index in [9.17, 15) is 9.59 Å². The van der Waals surface area contributed by atoms with Crippen molar-refractivity contribution in [2.75, 3.05) is 13.2 Å². The summed E-state index contributed by atoms with van der Waals surface area (Å²) in [6, 6.07) is 30.2. The van der Waals surface area contributed by atoms with E-state index in [0.29, 0.717) is 36.5 Å². The molecule has 0 bridgehead atoms. The van der Waals surface area contributed by atoms with Gasteiger partial charge in [-0.05, 0) is 49.4 Å². The maximum absolute atomic E-state index is 14.2. The SMILES string of the molecule is CCOC(=O)c1c(C)c(C(=O)N(CCc2ccccc2)Cc2ccccc2)c(C)n1Cc1ccccc1. The Labute approximate surface area is 219 Å². The minimum Gasteiger partial charge on any atom is -0.461 e. The number of nitrogens with zero attached hydrogens (tertiary/aromatic N) is 2. The number of carbonyl (C=O) groups excluding carboxylic acids is 2. The van der Waals surface area contributed by atoms with E-state index in [1.807, 2.05) is 102 Å². The van der Waals surface area contributed by atoms with E-state index in [0.717, 1.165) is 23.2 Å². The molecule has 0 spiro atoms. The number of benzene rings is 3. The van der Waals surface area contributed by atoms with Crippen LogP contribution >= 0.6 is 0 Å². The summed E-state index contributed by atoms with van der Waals surface area (Å²) in [6.07, 6.45) is 0.743. The summed E-state index contributed by atoms with van der Waals surface area (Å²) >= 11 is 0. The van der Waals surface area contributed by atoms with Crippen LogP contribution < -0.4 is 0 Å². The quantitative estimate of drug-likeness (QED) is 0.246. The van der Waals surface area contributed by atoms with Gasteiger partial charge in [0, 0.05) is 25.3 Å². The van der Waals surface area contributed by atoms with E-state index in [4.69, 9.17) is 4.74 Å². The molecule has 5 heteroatoms. The molecule has 0 N–H and O–H groups in total. The van der Waals surface area contributed by atoms with Gasteiger partial charge in [0.25, 0.3) is 5.91 Å². The van der Waals surface area contributed by atoms with Gasteiger partial charge in [0.2, 0.25) is 0 Å². The van der Waals surface area contributed by atoms with Crippen LogP contribution in [0, 0.1) is 13.8 Å². The third-order valence-corrected chi connectivity index (χ3v) is 6.65. The van der Waals surface area contributed by atoms with Crippen molar-refractivity contribution in [2.24, 2.45) is 0 Å². The second-order valence-corrected chi connectivity index (χ2v) is 9.17. The van der Waals surface area contributed by atoms with Gasteiger partial charge in [-0.3, -0.25) is 4.79 Å². The first-order valence-corrected chi connectivity index (χ1v) is 12.8. The lowest BCUT2D eigenvalue weighted by molar-refractivity contribution is 0.0513. The maximum atomic E-state index is 14.2. The Bertz CT molecular complexity index is 1330. The first kappa shape index (κ1) is 26.0. The molecule has 0 aliphatic heterocycles. The van der Waals surface area contributed by atoms with Crippen molar-refractivity contribution in [3.05, 3.63) is 130 Å². The zero-order valence-electron chi connectivity index (χ0n) is 21.8. The molecule has 1 aromatic heterocycles. The molecular formula is C32H34N2O3. The van der Waals surface area contributed by atoms with Gasteiger partial charge in [-0.2, -0.15) is 0 Å². The third-order valence-electron chi connectivity index (χ3n) is 6.65. The summed E-state index contributed by atoms with van der Waals surface area (Å²) in [6.45, 7) is 7.38. The van der Waals surface area contributed by atoms with Crippen LogP contribution in [-0.2, 0) is 24.2 Å². The Morgan fingerprint density at radius 3 is 1.89 bits per heavy atom. The molecule has 5 nitrogen and oxygen atoms in total. The zero-order chi connectivity index (χ0) is 26.2. The fourth-order valence-electron chi connectivity index (χ4n) is 4.76. The van der Waals surface area contributed by atoms with Gasteiger partial charge in [0.05, 0.1) is 12.2 Å². The minimum atomic E-state index is -0.406. The lowest BCUT2D eigenvalue weighted by Gasteiger charge is -2.24. The van der Waals surface area contributed by atoms with Crippen LogP contribution in [-0.4, -0.2) is 34.5 Å². The van der Waals surface area contributed by atoms with E-state index < -0.39 is 5.97 Å². The van der Waals surface area contributed by atoms with Crippen LogP contribution in [0.4, 0.5) is 0 Å². The molecule has 0 fully saturated rings. The minimum absolute atomic E-state index is 0.0767. The van der Waals surface area contributed by atoms with Gasteiger partial charge >= 0.3 is 5.97 Å². The van der Waals surface area contributed by atoms with Crippen molar-refractivity contribution < 1.29 is 14.3 Å². The normalized spacial score (nSPS) is 10.8. The Hall–Kier alpha value is -4.12. The number of hydrogen-bond acceptors (Lipinski definition) is 3. The highest BCUT2D eigenvalue weighted by Crippen LogP contribution is 2.27. The number of esters is 1. The Balaban J connectivity index is 1.73. The molecular weight excluding hydrogens is 460 g/mol. The molecule has 37 heavy (non-hydrogen) atoms. The lowest BCUT2D eigenvalue weighted by Crippen LogP contribution is -2.33. The summed E-state index contributed by atoms with van der Waals surface area (Å²) in [7, 11) is 0. The van der Waals surface area contributed by atoms with Crippen LogP contribution in [0.1, 0.15) is 55.7 Å². The van der Waals surface area contributed by atoms with Crippen LogP contribution in [0.5, 0.6) is 0 Å². The Morgan fingerprint density at radius 1 is 0.784 bits per heavy atom. The molecule has 0 saturated carbocycles. The van der Waals surface area contributed by atoms with Gasteiger partial charge < -0.3 is 14.2 Å². The van der Waals surface area contributed by atoms with E-state index in [1.54, 1.807) is 6.92 Å². The molecule has 0 unspecified atom stereocenters. The lowest BCUT2D eigenvalue weighted by atomic mass is 10.1. The Morgan fingerprint density at radius 2 is 1.32 bits per heavy atom. The van der Waals surface area contributed by atoms with Gasteiger partial charge in [-0.15, -0.1) is 0 Å². The summed E-state index contributed by atoms with van der Waals surface area (Å²) in [5.74, 6) is -0.482. The van der Waals surface area contributed by atoms with E-state index in [1.165, 1.54) is 5.56 Å². The van der Waals surface area contributed by atoms with Crippen LogP contribution in [0.2, 0.25) is 0 Å². The van der Waals surface area contributed by atoms with Gasteiger partial charge in [0.1, 0.15) is 5.69 Å². The molecule has 190 valence electrons. The molecule has 1 amide bonds. The van der Waals surface area contributed by atoms with Crippen molar-refractivity contribution >= 4 is 11.9 Å². The average molecular weight is 495 g/mol. The number of carbonyl (C=O) groups is 2. The largest absolute Gasteiger partial charge is 0.461 e. The van der Waals surface area contributed by atoms with Crippen LogP contribution in [0.3, 0.4) is 0 Å². The number of aromatic nitrogens is 1. The van der Waals surface area contributed by atoms with Crippen LogP contribution in [0.15, 0.2) is 91.0 Å². The standard InChI is InChI=1S/C32H34N2O3/c1-4-37-32(36)30-24(2)29(25(3)34(30)23-28-18-12-7-13-19-28)31(35)33(22-27-16-10-6-11-17-27)21-20-26-14-8-5-9-15-26/h5-19H,4,20-23H2,1-3H3. The fraction of sp³-hybridized carbons (Fsp3) is 0.250. The molecule has 3 aromatic carbocycles. The number of hydrogen-bond donors (Lipinski definition) is 0. The third kappa shape index (κ3) is 6.18. The molecule has 0 atom stereocenters. The van der Waals surface area contributed by atoms with E-state index in [2.05, 4.69) is 12.1 Å². The zero-order valence-corrected chi connectivity index (χ0v) is 21.8. The highest BCUT2D eigenvalue weighted by molar-refractivity contribution is 6.01. The Kier molecular flexibility index (Phi) is 8.57. The van der Waals surface area contributed by atoms with Crippen molar-refractivity contribution in [3.63, 3.8) is 0 Å². The van der Waals surface area contributed by atoms with Crippen molar-refractivity contribution in [1.29, 1.82) is 0 Å². The number of ether oxygens (including phenoxy) is 1. The first-order chi connectivity index (χ1) is 18.0. The molecule has 1 heterocycles. The fourth-order valence-corrected chi connectivity index (χ4v) is 4.76. The van der Waals surface area contributed by atoms with Crippen molar-refractivity contribution in [3.8, 4) is 0 Å². The summed E-state index contributed by atoms with van der Waals surface area (Å²) in [5, 5.41) is 0. The first-order valence-electron chi connectivity index (χ1n) is 12.8. The van der Waals surface area contributed by atoms with Gasteiger partial charge in [-0.25, -0.2) is 4.79 Å². The average Bonchev–Trinajstić information content (AvgIpc) is 3.16. The summed E-state index contributed by atoms with van der Waals surface area (Å²) in [4.78, 5) is 29.1. The van der Waals surface area contributed by atoms with E-state index in [-0.39, 0.29) is 12.5 Å². The highest BCUT2D eigenvalue weighted by atomic mass is 16.5. The predicted octanol–water partition coefficient (Wildman–Crippen LogP) is 6.22. The van der Waals surface area contributed by atoms with E-state index >= 15 is 0 Å². The van der Waals surface area contributed by atoms with Gasteiger partial charge in [-0.1, -0.05) is 91.0 Å². The molecule has 0 aliphatic carbocycles. The van der Waals surface area contributed by atoms with Crippen molar-refractivity contribution in [1.82, 2.24) is 9.47 Å². The van der Waals surface area contributed by atoms with Gasteiger partial charge in [0.15, 0.2) is 0 Å². The second kappa shape index (κ2) is 12.2. The highest BCUT2D eigenvalue weighted by Gasteiger charge is 2.30. The smallest absolute Gasteiger partial charge is 0.355 e. The van der Waals surface area contributed by atoms with Crippen molar-refractivity contribution in [2.45, 2.75) is 40.3 Å². The van der Waals surface area contributed by atoms with Crippen LogP contribution in [0.25, 0.3) is 0 Å². The molecule has 0 aliphatic rings. The number of rotatable bonds is 10. The summed E-state index contributed by atoms with van der Waals surface area (Å²) in [5.41, 5.74) is 5.73. The maximum Gasteiger partial charge on any atom is 0.355 e. The molecule has 0 saturated heterocycles. The topological polar surface area (TPSA) is 51.5 Å². The number of amides is 1. The molecule has 4 aromatic rings.